The van der Waals surface area contributed by atoms with E-state index in [9.17, 15) is 9.18 Å². The van der Waals surface area contributed by atoms with Crippen LogP contribution in [-0.2, 0) is 17.8 Å². The van der Waals surface area contributed by atoms with Gasteiger partial charge in [-0.2, -0.15) is 5.10 Å². The third-order valence-corrected chi connectivity index (χ3v) is 5.65. The monoisotopic (exact) mass is 372 g/mol. The third-order valence-electron chi connectivity index (χ3n) is 5.65. The van der Waals surface area contributed by atoms with Crippen molar-refractivity contribution in [2.45, 2.75) is 31.7 Å². The first-order valence-corrected chi connectivity index (χ1v) is 9.51. The van der Waals surface area contributed by atoms with E-state index in [0.717, 1.165) is 49.2 Å². The van der Waals surface area contributed by atoms with Crippen LogP contribution in [0.1, 0.15) is 35.6 Å². The van der Waals surface area contributed by atoms with Crippen molar-refractivity contribution >= 4 is 5.91 Å². The molecular formula is C20H25FN4O2. The molecular weight excluding hydrogens is 347 g/mol. The predicted molar refractivity (Wildman–Crippen MR) is 99.1 cm³/mol. The molecule has 1 amide bonds. The first kappa shape index (κ1) is 18.0. The Labute approximate surface area is 158 Å². The number of aryl methyl sites for hydroxylation is 1. The lowest BCUT2D eigenvalue weighted by molar-refractivity contribution is -0.135. The molecule has 1 aliphatic heterocycles. The lowest BCUT2D eigenvalue weighted by Crippen LogP contribution is -2.49. The Morgan fingerprint density at radius 1 is 1.33 bits per heavy atom. The number of piperazine rings is 1. The first-order chi connectivity index (χ1) is 13.2. The minimum Gasteiger partial charge on any atom is -0.494 e. The summed E-state index contributed by atoms with van der Waals surface area (Å²) in [6, 6.07) is 5.08. The molecule has 1 aromatic heterocycles. The normalized spacial score (nSPS) is 20.4. The standard InChI is InChI=1S/C20H25FN4O2/c1-27-19-6-5-14(11-17(19)21)13-24-7-9-25(10-8-24)20(26)15-3-2-4-18-16(15)12-22-23-18/h5-6,11-12,15H,2-4,7-10,13H2,1H3,(H,22,23). The van der Waals surface area contributed by atoms with Crippen molar-refractivity contribution in [1.82, 2.24) is 20.0 Å². The van der Waals surface area contributed by atoms with Gasteiger partial charge in [-0.3, -0.25) is 14.8 Å². The summed E-state index contributed by atoms with van der Waals surface area (Å²) in [6.45, 7) is 3.69. The number of nitrogens with zero attached hydrogens (tertiary/aromatic N) is 3. The summed E-state index contributed by atoms with van der Waals surface area (Å²) in [5, 5.41) is 7.14. The van der Waals surface area contributed by atoms with Gasteiger partial charge in [0.25, 0.3) is 0 Å². The number of carbonyl (C=O) groups excluding carboxylic acids is 1. The molecule has 1 unspecified atom stereocenters. The van der Waals surface area contributed by atoms with Crippen LogP contribution in [0.5, 0.6) is 5.75 Å². The summed E-state index contributed by atoms with van der Waals surface area (Å²) in [4.78, 5) is 17.2. The van der Waals surface area contributed by atoms with Gasteiger partial charge in [-0.1, -0.05) is 6.07 Å². The van der Waals surface area contributed by atoms with Gasteiger partial charge in [-0.05, 0) is 37.0 Å². The van der Waals surface area contributed by atoms with E-state index in [0.29, 0.717) is 19.6 Å². The van der Waals surface area contributed by atoms with E-state index in [1.54, 1.807) is 6.07 Å². The number of methoxy groups -OCH3 is 1. The number of halogens is 1. The molecule has 2 aliphatic rings. The molecule has 1 aromatic carbocycles. The molecule has 1 aliphatic carbocycles. The van der Waals surface area contributed by atoms with Gasteiger partial charge < -0.3 is 9.64 Å². The van der Waals surface area contributed by atoms with Gasteiger partial charge in [0.1, 0.15) is 0 Å². The van der Waals surface area contributed by atoms with Crippen LogP contribution in [0.15, 0.2) is 24.4 Å². The quantitative estimate of drug-likeness (QED) is 0.895. The number of aromatic nitrogens is 2. The van der Waals surface area contributed by atoms with Crippen molar-refractivity contribution in [3.05, 3.63) is 47.0 Å². The lowest BCUT2D eigenvalue weighted by atomic mass is 9.86. The van der Waals surface area contributed by atoms with Crippen LogP contribution in [0.4, 0.5) is 4.39 Å². The number of aromatic amines is 1. The number of amides is 1. The van der Waals surface area contributed by atoms with E-state index in [1.165, 1.54) is 13.2 Å². The molecule has 1 atom stereocenters. The second kappa shape index (κ2) is 7.68. The topological polar surface area (TPSA) is 61.5 Å². The average molecular weight is 372 g/mol. The zero-order valence-corrected chi connectivity index (χ0v) is 15.6. The number of hydrogen-bond donors (Lipinski definition) is 1. The zero-order chi connectivity index (χ0) is 18.8. The molecule has 0 spiro atoms. The Morgan fingerprint density at radius 2 is 2.15 bits per heavy atom. The number of H-pyrrole nitrogens is 1. The molecule has 2 heterocycles. The Morgan fingerprint density at radius 3 is 2.89 bits per heavy atom. The van der Waals surface area contributed by atoms with Crippen LogP contribution < -0.4 is 4.74 Å². The van der Waals surface area contributed by atoms with E-state index in [-0.39, 0.29) is 23.4 Å². The molecule has 6 nitrogen and oxygen atoms in total. The van der Waals surface area contributed by atoms with Crippen LogP contribution >= 0.6 is 0 Å². The molecule has 0 saturated carbocycles. The van der Waals surface area contributed by atoms with Crippen molar-refractivity contribution in [3.63, 3.8) is 0 Å². The molecule has 0 bridgehead atoms. The van der Waals surface area contributed by atoms with E-state index < -0.39 is 0 Å². The molecule has 27 heavy (non-hydrogen) atoms. The zero-order valence-electron chi connectivity index (χ0n) is 15.6. The van der Waals surface area contributed by atoms with Crippen LogP contribution in [0, 0.1) is 5.82 Å². The van der Waals surface area contributed by atoms with E-state index in [4.69, 9.17) is 4.74 Å². The van der Waals surface area contributed by atoms with Gasteiger partial charge in [0.2, 0.25) is 5.91 Å². The smallest absolute Gasteiger partial charge is 0.230 e. The Bertz CT molecular complexity index is 814. The van der Waals surface area contributed by atoms with Gasteiger partial charge in [-0.15, -0.1) is 0 Å². The lowest BCUT2D eigenvalue weighted by Gasteiger charge is -2.37. The van der Waals surface area contributed by atoms with Gasteiger partial charge in [0.05, 0.1) is 19.2 Å². The maximum absolute atomic E-state index is 13.9. The Balaban J connectivity index is 1.34. The second-order valence-corrected chi connectivity index (χ2v) is 7.32. The second-order valence-electron chi connectivity index (χ2n) is 7.32. The van der Waals surface area contributed by atoms with Gasteiger partial charge >= 0.3 is 0 Å². The number of rotatable bonds is 4. The maximum Gasteiger partial charge on any atom is 0.230 e. The number of carbonyl (C=O) groups is 1. The summed E-state index contributed by atoms with van der Waals surface area (Å²) >= 11 is 0. The highest BCUT2D eigenvalue weighted by Gasteiger charge is 2.32. The van der Waals surface area contributed by atoms with Crippen LogP contribution in [0.25, 0.3) is 0 Å². The summed E-state index contributed by atoms with van der Waals surface area (Å²) in [5.74, 6) is 0.0829. The fourth-order valence-electron chi connectivity index (χ4n) is 4.13. The minimum absolute atomic E-state index is 0.0604. The number of benzene rings is 1. The summed E-state index contributed by atoms with van der Waals surface area (Å²) in [6.07, 6.45) is 4.71. The number of hydrogen-bond acceptors (Lipinski definition) is 4. The summed E-state index contributed by atoms with van der Waals surface area (Å²) in [5.41, 5.74) is 3.10. The van der Waals surface area contributed by atoms with Crippen molar-refractivity contribution in [3.8, 4) is 5.75 Å². The maximum atomic E-state index is 13.9. The third kappa shape index (κ3) is 3.69. The van der Waals surface area contributed by atoms with Gasteiger partial charge in [0.15, 0.2) is 11.6 Å². The fraction of sp³-hybridized carbons (Fsp3) is 0.500. The molecule has 1 N–H and O–H groups in total. The summed E-state index contributed by atoms with van der Waals surface area (Å²) < 4.78 is 18.8. The first-order valence-electron chi connectivity index (χ1n) is 9.51. The fourth-order valence-corrected chi connectivity index (χ4v) is 4.13. The molecule has 4 rings (SSSR count). The van der Waals surface area contributed by atoms with Crippen LogP contribution in [0.2, 0.25) is 0 Å². The van der Waals surface area contributed by atoms with Gasteiger partial charge in [-0.25, -0.2) is 4.39 Å². The van der Waals surface area contributed by atoms with E-state index >= 15 is 0 Å². The number of fused-ring (bicyclic) bond motifs is 1. The molecule has 7 heteroatoms. The molecule has 2 aromatic rings. The van der Waals surface area contributed by atoms with Crippen LogP contribution in [-0.4, -0.2) is 59.2 Å². The molecule has 1 fully saturated rings. The average Bonchev–Trinajstić information content (AvgIpc) is 3.17. The molecule has 1 saturated heterocycles. The molecule has 0 radical (unpaired) electrons. The van der Waals surface area contributed by atoms with Crippen molar-refractivity contribution in [1.29, 1.82) is 0 Å². The Kier molecular flexibility index (Phi) is 5.11. The highest BCUT2D eigenvalue weighted by Crippen LogP contribution is 2.32. The minimum atomic E-state index is -0.336. The van der Waals surface area contributed by atoms with E-state index in [1.807, 2.05) is 17.2 Å². The highest BCUT2D eigenvalue weighted by molar-refractivity contribution is 5.84. The van der Waals surface area contributed by atoms with Crippen molar-refractivity contribution in [2.24, 2.45) is 0 Å². The number of nitrogens with one attached hydrogen (secondary N) is 1. The SMILES string of the molecule is COc1ccc(CN2CCN(C(=O)C3CCCc4[nH]ncc43)CC2)cc1F. The van der Waals surface area contributed by atoms with E-state index in [2.05, 4.69) is 15.1 Å². The van der Waals surface area contributed by atoms with Crippen molar-refractivity contribution in [2.75, 3.05) is 33.3 Å². The van der Waals surface area contributed by atoms with Crippen LogP contribution in [0.3, 0.4) is 0 Å². The molecule has 144 valence electrons. The Hall–Kier alpha value is -2.41. The number of ether oxygens (including phenoxy) is 1. The predicted octanol–water partition coefficient (Wildman–Crippen LogP) is 2.32. The van der Waals surface area contributed by atoms with Gasteiger partial charge in [0, 0.05) is 44.0 Å². The summed E-state index contributed by atoms with van der Waals surface area (Å²) in [7, 11) is 1.47. The largest absolute Gasteiger partial charge is 0.494 e. The van der Waals surface area contributed by atoms with Crippen molar-refractivity contribution < 1.29 is 13.9 Å². The highest BCUT2D eigenvalue weighted by atomic mass is 19.1.